The van der Waals surface area contributed by atoms with E-state index in [1.165, 1.54) is 12.2 Å². The van der Waals surface area contributed by atoms with Crippen LogP contribution in [0.1, 0.15) is 33.0 Å². The van der Waals surface area contributed by atoms with E-state index in [2.05, 4.69) is 35.5 Å². The number of fused-ring (bicyclic) bond motifs is 1. The number of hydrogen-bond acceptors (Lipinski definition) is 3. The minimum atomic E-state index is 0.114. The Kier molecular flexibility index (Phi) is 2.10. The molecule has 0 atom stereocenters. The summed E-state index contributed by atoms with van der Waals surface area (Å²) < 4.78 is 2.26. The Labute approximate surface area is 82.9 Å². The lowest BCUT2D eigenvalue weighted by molar-refractivity contribution is 0.477. The summed E-state index contributed by atoms with van der Waals surface area (Å²) in [5.74, 6) is 2.30. The summed E-state index contributed by atoms with van der Waals surface area (Å²) in [5.41, 5.74) is 0.114. The van der Waals surface area contributed by atoms with E-state index in [-0.39, 0.29) is 5.41 Å². The molecule has 2 rings (SSSR count). The second-order valence-electron chi connectivity index (χ2n) is 4.41. The van der Waals surface area contributed by atoms with Crippen molar-refractivity contribution < 1.29 is 0 Å². The number of rotatable bonds is 0. The topological polar surface area (TPSA) is 30.7 Å². The van der Waals surface area contributed by atoms with Crippen molar-refractivity contribution in [1.29, 1.82) is 0 Å². The molecular formula is C9H15N3S. The maximum atomic E-state index is 4.26. The zero-order valence-corrected chi connectivity index (χ0v) is 9.19. The summed E-state index contributed by atoms with van der Waals surface area (Å²) in [6, 6.07) is 0. The van der Waals surface area contributed by atoms with Crippen LogP contribution in [0.25, 0.3) is 0 Å². The second kappa shape index (κ2) is 3.01. The minimum absolute atomic E-state index is 0.114. The fraction of sp³-hybridized carbons (Fsp3) is 0.778. The Balaban J connectivity index is 2.43. The highest BCUT2D eigenvalue weighted by molar-refractivity contribution is 7.99. The number of hydrogen-bond donors (Lipinski definition) is 0. The van der Waals surface area contributed by atoms with Gasteiger partial charge in [-0.25, -0.2) is 0 Å². The van der Waals surface area contributed by atoms with E-state index in [1.807, 2.05) is 11.8 Å². The molecule has 4 heteroatoms. The van der Waals surface area contributed by atoms with E-state index < -0.39 is 0 Å². The molecule has 0 radical (unpaired) electrons. The Morgan fingerprint density at radius 1 is 1.31 bits per heavy atom. The third kappa shape index (κ3) is 1.59. The van der Waals surface area contributed by atoms with Crippen molar-refractivity contribution in [3.8, 4) is 0 Å². The Hall–Kier alpha value is -0.510. The van der Waals surface area contributed by atoms with Crippen molar-refractivity contribution in [3.63, 3.8) is 0 Å². The van der Waals surface area contributed by atoms with Crippen LogP contribution < -0.4 is 0 Å². The molecule has 13 heavy (non-hydrogen) atoms. The van der Waals surface area contributed by atoms with E-state index in [4.69, 9.17) is 0 Å². The highest BCUT2D eigenvalue weighted by Crippen LogP contribution is 2.28. The van der Waals surface area contributed by atoms with Crippen LogP contribution in [0.2, 0.25) is 0 Å². The molecule has 0 bridgehead atoms. The van der Waals surface area contributed by atoms with E-state index >= 15 is 0 Å². The van der Waals surface area contributed by atoms with Crippen molar-refractivity contribution in [2.24, 2.45) is 0 Å². The summed E-state index contributed by atoms with van der Waals surface area (Å²) in [7, 11) is 0. The van der Waals surface area contributed by atoms with Gasteiger partial charge in [0.1, 0.15) is 5.82 Å². The molecule has 1 aliphatic heterocycles. The van der Waals surface area contributed by atoms with Gasteiger partial charge >= 0.3 is 0 Å². The summed E-state index contributed by atoms with van der Waals surface area (Å²) in [5, 5.41) is 9.55. The van der Waals surface area contributed by atoms with Crippen LogP contribution in [0.4, 0.5) is 0 Å². The van der Waals surface area contributed by atoms with Crippen LogP contribution in [0.3, 0.4) is 0 Å². The molecule has 0 saturated carbocycles. The van der Waals surface area contributed by atoms with Crippen LogP contribution in [-0.4, -0.2) is 20.5 Å². The maximum absolute atomic E-state index is 4.26. The average molecular weight is 197 g/mol. The summed E-state index contributed by atoms with van der Waals surface area (Å²) in [6.07, 6.45) is 1.23. The largest absolute Gasteiger partial charge is 0.306 e. The average Bonchev–Trinajstić information content (AvgIpc) is 2.45. The molecule has 3 nitrogen and oxygen atoms in total. The lowest BCUT2D eigenvalue weighted by Gasteiger charge is -2.21. The molecule has 0 N–H and O–H groups in total. The monoisotopic (exact) mass is 197 g/mol. The predicted molar refractivity (Wildman–Crippen MR) is 54.1 cm³/mol. The molecule has 72 valence electrons. The third-order valence-corrected chi connectivity index (χ3v) is 3.20. The van der Waals surface area contributed by atoms with Crippen LogP contribution in [0.5, 0.6) is 0 Å². The normalized spacial score (nSPS) is 17.2. The molecule has 0 unspecified atom stereocenters. The first-order chi connectivity index (χ1) is 6.09. The molecule has 0 spiro atoms. The van der Waals surface area contributed by atoms with Gasteiger partial charge in [-0.1, -0.05) is 32.5 Å². The van der Waals surface area contributed by atoms with Gasteiger partial charge in [-0.15, -0.1) is 10.2 Å². The van der Waals surface area contributed by atoms with Gasteiger partial charge < -0.3 is 4.57 Å². The Bertz CT molecular complexity index is 311. The first-order valence-corrected chi connectivity index (χ1v) is 5.64. The molecule has 1 aliphatic rings. The van der Waals surface area contributed by atoms with Gasteiger partial charge in [0, 0.05) is 17.7 Å². The van der Waals surface area contributed by atoms with Crippen LogP contribution in [0.15, 0.2) is 5.16 Å². The van der Waals surface area contributed by atoms with Crippen LogP contribution in [-0.2, 0) is 12.0 Å². The summed E-state index contributed by atoms with van der Waals surface area (Å²) >= 11 is 1.82. The van der Waals surface area contributed by atoms with E-state index in [9.17, 15) is 0 Å². The van der Waals surface area contributed by atoms with Gasteiger partial charge in [0.15, 0.2) is 5.16 Å². The summed E-state index contributed by atoms with van der Waals surface area (Å²) in [6.45, 7) is 7.64. The fourth-order valence-corrected chi connectivity index (χ4v) is 2.43. The first-order valence-electron chi connectivity index (χ1n) is 4.65. The number of nitrogens with zero attached hydrogens (tertiary/aromatic N) is 3. The molecule has 0 fully saturated rings. The SMILES string of the molecule is CC(C)(C)c1nnc2n1CCCS2. The third-order valence-electron chi connectivity index (χ3n) is 2.14. The van der Waals surface area contributed by atoms with Crippen molar-refractivity contribution >= 4 is 11.8 Å². The zero-order valence-electron chi connectivity index (χ0n) is 8.37. The Morgan fingerprint density at radius 2 is 2.08 bits per heavy atom. The van der Waals surface area contributed by atoms with Crippen molar-refractivity contribution in [3.05, 3.63) is 5.82 Å². The summed E-state index contributed by atoms with van der Waals surface area (Å²) in [4.78, 5) is 0. The van der Waals surface area contributed by atoms with Crippen LogP contribution in [0, 0.1) is 0 Å². The predicted octanol–water partition coefficient (Wildman–Crippen LogP) is 2.07. The number of thioether (sulfide) groups is 1. The van der Waals surface area contributed by atoms with E-state index in [0.717, 1.165) is 17.5 Å². The van der Waals surface area contributed by atoms with Gasteiger partial charge in [0.05, 0.1) is 0 Å². The van der Waals surface area contributed by atoms with Crippen molar-refractivity contribution in [1.82, 2.24) is 14.8 Å². The maximum Gasteiger partial charge on any atom is 0.191 e. The molecule has 0 saturated heterocycles. The van der Waals surface area contributed by atoms with E-state index in [1.54, 1.807) is 0 Å². The van der Waals surface area contributed by atoms with Gasteiger partial charge in [-0.2, -0.15) is 0 Å². The first kappa shape index (κ1) is 9.06. The highest BCUT2D eigenvalue weighted by atomic mass is 32.2. The quantitative estimate of drug-likeness (QED) is 0.638. The second-order valence-corrected chi connectivity index (χ2v) is 5.47. The number of aromatic nitrogens is 3. The molecular weight excluding hydrogens is 182 g/mol. The van der Waals surface area contributed by atoms with Gasteiger partial charge in [0.25, 0.3) is 0 Å². The molecule has 2 heterocycles. The van der Waals surface area contributed by atoms with Crippen molar-refractivity contribution in [2.45, 2.75) is 44.3 Å². The molecule has 0 aromatic carbocycles. The smallest absolute Gasteiger partial charge is 0.191 e. The molecule has 1 aromatic heterocycles. The zero-order chi connectivity index (χ0) is 9.47. The molecule has 0 amide bonds. The fourth-order valence-electron chi connectivity index (χ4n) is 1.54. The Morgan fingerprint density at radius 3 is 2.77 bits per heavy atom. The molecule has 0 aliphatic carbocycles. The minimum Gasteiger partial charge on any atom is -0.306 e. The lowest BCUT2D eigenvalue weighted by atomic mass is 9.96. The standard InChI is InChI=1S/C9H15N3S/c1-9(2,3)7-10-11-8-12(7)5-4-6-13-8/h4-6H2,1-3H3. The lowest BCUT2D eigenvalue weighted by Crippen LogP contribution is -2.21. The highest BCUT2D eigenvalue weighted by Gasteiger charge is 2.25. The van der Waals surface area contributed by atoms with Gasteiger partial charge in [0.2, 0.25) is 0 Å². The van der Waals surface area contributed by atoms with Crippen molar-refractivity contribution in [2.75, 3.05) is 5.75 Å². The molecule has 1 aromatic rings. The van der Waals surface area contributed by atoms with E-state index in [0.29, 0.717) is 0 Å². The van der Waals surface area contributed by atoms with Gasteiger partial charge in [-0.05, 0) is 6.42 Å². The van der Waals surface area contributed by atoms with Gasteiger partial charge in [-0.3, -0.25) is 0 Å². The van der Waals surface area contributed by atoms with Crippen LogP contribution >= 0.6 is 11.8 Å².